The van der Waals surface area contributed by atoms with E-state index in [4.69, 9.17) is 0 Å². The van der Waals surface area contributed by atoms with Gasteiger partial charge in [-0.1, -0.05) is 44.2 Å². The first-order valence-electron chi connectivity index (χ1n) is 9.28. The van der Waals surface area contributed by atoms with Gasteiger partial charge in [-0.05, 0) is 41.3 Å². The van der Waals surface area contributed by atoms with E-state index in [9.17, 15) is 13.2 Å². The Morgan fingerprint density at radius 3 is 2.63 bits per heavy atom. The maximum Gasteiger partial charge on any atom is 0.252 e. The standard InChI is InChI=1S/C20H26N2O3S2/c1-15(2)17-9-7-16(8-10-17)13-21-20(23)18-5-3-11-22(14-18)27(24,25)19-6-4-12-26-19/h4,6-10,12,15,18H,3,5,11,13-14H2,1-2H3,(H,21,23)/t18-/m1/s1. The summed E-state index contributed by atoms with van der Waals surface area (Å²) in [4.78, 5) is 12.6. The lowest BCUT2D eigenvalue weighted by Crippen LogP contribution is -2.45. The summed E-state index contributed by atoms with van der Waals surface area (Å²) in [6.07, 6.45) is 1.42. The third kappa shape index (κ3) is 4.78. The predicted molar refractivity (Wildman–Crippen MR) is 108 cm³/mol. The van der Waals surface area contributed by atoms with Crippen molar-refractivity contribution >= 4 is 27.3 Å². The molecule has 27 heavy (non-hydrogen) atoms. The smallest absolute Gasteiger partial charge is 0.252 e. The zero-order valence-electron chi connectivity index (χ0n) is 15.7. The summed E-state index contributed by atoms with van der Waals surface area (Å²) >= 11 is 1.21. The van der Waals surface area contributed by atoms with E-state index in [1.165, 1.54) is 21.2 Å². The third-order valence-corrected chi connectivity index (χ3v) is 8.20. The number of nitrogens with zero attached hydrogens (tertiary/aromatic N) is 1. The molecule has 0 saturated carbocycles. The molecule has 1 fully saturated rings. The van der Waals surface area contributed by atoms with Crippen molar-refractivity contribution in [1.82, 2.24) is 9.62 Å². The number of thiophene rings is 1. The number of rotatable bonds is 6. The fourth-order valence-electron chi connectivity index (χ4n) is 3.27. The van der Waals surface area contributed by atoms with Gasteiger partial charge in [0.05, 0.1) is 5.92 Å². The number of piperidine rings is 1. The molecule has 7 heteroatoms. The number of carbonyl (C=O) groups is 1. The Labute approximate surface area is 165 Å². The summed E-state index contributed by atoms with van der Waals surface area (Å²) in [5.41, 5.74) is 2.32. The molecule has 0 radical (unpaired) electrons. The minimum absolute atomic E-state index is 0.0750. The molecule has 1 saturated heterocycles. The van der Waals surface area contributed by atoms with E-state index >= 15 is 0 Å². The van der Waals surface area contributed by atoms with Gasteiger partial charge in [-0.25, -0.2) is 8.42 Å². The van der Waals surface area contributed by atoms with Gasteiger partial charge in [-0.15, -0.1) is 11.3 Å². The van der Waals surface area contributed by atoms with Crippen LogP contribution >= 0.6 is 11.3 Å². The van der Waals surface area contributed by atoms with E-state index in [0.717, 1.165) is 5.56 Å². The molecular weight excluding hydrogens is 380 g/mol. The van der Waals surface area contributed by atoms with Gasteiger partial charge >= 0.3 is 0 Å². The molecule has 0 bridgehead atoms. The van der Waals surface area contributed by atoms with Crippen molar-refractivity contribution in [3.8, 4) is 0 Å². The van der Waals surface area contributed by atoms with Crippen molar-refractivity contribution in [1.29, 1.82) is 0 Å². The minimum Gasteiger partial charge on any atom is -0.352 e. The van der Waals surface area contributed by atoms with Crippen LogP contribution in [0.4, 0.5) is 0 Å². The molecular formula is C20H26N2O3S2. The number of carbonyl (C=O) groups excluding carboxylic acids is 1. The van der Waals surface area contributed by atoms with Gasteiger partial charge in [0.25, 0.3) is 10.0 Å². The minimum atomic E-state index is -3.49. The molecule has 0 spiro atoms. The predicted octanol–water partition coefficient (Wildman–Crippen LogP) is 3.59. The Morgan fingerprint density at radius 1 is 1.26 bits per heavy atom. The summed E-state index contributed by atoms with van der Waals surface area (Å²) < 4.78 is 27.2. The van der Waals surface area contributed by atoms with E-state index < -0.39 is 10.0 Å². The van der Waals surface area contributed by atoms with Gasteiger partial charge in [0.1, 0.15) is 4.21 Å². The van der Waals surface area contributed by atoms with Crippen LogP contribution in [0.5, 0.6) is 0 Å². The summed E-state index contributed by atoms with van der Waals surface area (Å²) in [5, 5.41) is 4.72. The normalized spacial score (nSPS) is 18.6. The number of nitrogens with one attached hydrogen (secondary N) is 1. The van der Waals surface area contributed by atoms with Crippen LogP contribution in [0.3, 0.4) is 0 Å². The van der Waals surface area contributed by atoms with E-state index in [-0.39, 0.29) is 18.4 Å². The summed E-state index contributed by atoms with van der Waals surface area (Å²) in [7, 11) is -3.49. The van der Waals surface area contributed by atoms with Gasteiger partial charge in [0.2, 0.25) is 5.91 Å². The molecule has 3 rings (SSSR count). The largest absolute Gasteiger partial charge is 0.352 e. The van der Waals surface area contributed by atoms with Crippen LogP contribution < -0.4 is 5.32 Å². The molecule has 1 aliphatic rings. The topological polar surface area (TPSA) is 66.5 Å². The quantitative estimate of drug-likeness (QED) is 0.797. The van der Waals surface area contributed by atoms with Crippen LogP contribution in [0.1, 0.15) is 43.7 Å². The third-order valence-electron chi connectivity index (χ3n) is 4.96. The van der Waals surface area contributed by atoms with Crippen LogP contribution in [0, 0.1) is 5.92 Å². The number of hydrogen-bond acceptors (Lipinski definition) is 4. The second-order valence-electron chi connectivity index (χ2n) is 7.25. The lowest BCUT2D eigenvalue weighted by molar-refractivity contribution is -0.126. The average molecular weight is 407 g/mol. The Morgan fingerprint density at radius 2 is 2.00 bits per heavy atom. The summed E-state index contributed by atoms with van der Waals surface area (Å²) in [6, 6.07) is 11.6. The van der Waals surface area contributed by atoms with Gasteiger partial charge in [0.15, 0.2) is 0 Å². The zero-order valence-corrected chi connectivity index (χ0v) is 17.4. The SMILES string of the molecule is CC(C)c1ccc(CNC(=O)[C@@H]2CCCN(S(=O)(=O)c3cccs3)C2)cc1. The Bertz CT molecular complexity index is 859. The molecule has 1 aromatic heterocycles. The number of benzene rings is 1. The first-order valence-corrected chi connectivity index (χ1v) is 11.6. The molecule has 146 valence electrons. The van der Waals surface area contributed by atoms with Gasteiger partial charge in [0, 0.05) is 19.6 Å². The van der Waals surface area contributed by atoms with Crippen molar-refractivity contribution in [3.63, 3.8) is 0 Å². The number of hydrogen-bond donors (Lipinski definition) is 1. The molecule has 1 atom stereocenters. The van der Waals surface area contributed by atoms with Crippen molar-refractivity contribution in [3.05, 3.63) is 52.9 Å². The second-order valence-corrected chi connectivity index (χ2v) is 10.4. The molecule has 1 N–H and O–H groups in total. The number of sulfonamides is 1. The fraction of sp³-hybridized carbons (Fsp3) is 0.450. The highest BCUT2D eigenvalue weighted by atomic mass is 32.2. The van der Waals surface area contributed by atoms with Gasteiger partial charge in [-0.3, -0.25) is 4.79 Å². The molecule has 1 amide bonds. The highest BCUT2D eigenvalue weighted by molar-refractivity contribution is 7.91. The molecule has 5 nitrogen and oxygen atoms in total. The summed E-state index contributed by atoms with van der Waals surface area (Å²) in [6.45, 7) is 5.48. The van der Waals surface area contributed by atoms with Crippen LogP contribution in [0.25, 0.3) is 0 Å². The van der Waals surface area contributed by atoms with E-state index in [1.807, 2.05) is 12.1 Å². The second kappa shape index (κ2) is 8.54. The lowest BCUT2D eigenvalue weighted by atomic mass is 9.98. The molecule has 1 aliphatic heterocycles. The highest BCUT2D eigenvalue weighted by Gasteiger charge is 2.33. The van der Waals surface area contributed by atoms with E-state index in [1.54, 1.807) is 17.5 Å². The molecule has 0 unspecified atom stereocenters. The summed E-state index contributed by atoms with van der Waals surface area (Å²) in [5.74, 6) is 0.101. The zero-order chi connectivity index (χ0) is 19.4. The van der Waals surface area contributed by atoms with Crippen molar-refractivity contribution < 1.29 is 13.2 Å². The lowest BCUT2D eigenvalue weighted by Gasteiger charge is -2.30. The van der Waals surface area contributed by atoms with Gasteiger partial charge in [-0.2, -0.15) is 4.31 Å². The molecule has 1 aromatic carbocycles. The molecule has 2 heterocycles. The first-order chi connectivity index (χ1) is 12.9. The van der Waals surface area contributed by atoms with Gasteiger partial charge < -0.3 is 5.32 Å². The van der Waals surface area contributed by atoms with E-state index in [2.05, 4.69) is 31.3 Å². The maximum absolute atomic E-state index is 12.7. The molecule has 2 aromatic rings. The van der Waals surface area contributed by atoms with E-state index in [0.29, 0.717) is 36.1 Å². The van der Waals surface area contributed by atoms with Crippen molar-refractivity contribution in [2.45, 2.75) is 43.4 Å². The van der Waals surface area contributed by atoms with Crippen LogP contribution in [0.2, 0.25) is 0 Å². The highest BCUT2D eigenvalue weighted by Crippen LogP contribution is 2.26. The van der Waals surface area contributed by atoms with Crippen LogP contribution in [0.15, 0.2) is 46.0 Å². The molecule has 0 aliphatic carbocycles. The van der Waals surface area contributed by atoms with Crippen molar-refractivity contribution in [2.24, 2.45) is 5.92 Å². The monoisotopic (exact) mass is 406 g/mol. The first kappa shape index (κ1) is 20.0. The van der Waals surface area contributed by atoms with Crippen LogP contribution in [-0.2, 0) is 21.4 Å². The van der Waals surface area contributed by atoms with Crippen molar-refractivity contribution in [2.75, 3.05) is 13.1 Å². The average Bonchev–Trinajstić information content (AvgIpc) is 3.22. The Hall–Kier alpha value is -1.70. The number of amides is 1. The fourth-order valence-corrected chi connectivity index (χ4v) is 5.93. The maximum atomic E-state index is 12.7. The van der Waals surface area contributed by atoms with Crippen LogP contribution in [-0.4, -0.2) is 31.7 Å². The Balaban J connectivity index is 1.58. The Kier molecular flexibility index (Phi) is 6.34.